The van der Waals surface area contributed by atoms with E-state index in [1.165, 1.54) is 11.1 Å². The van der Waals surface area contributed by atoms with Gasteiger partial charge in [0.2, 0.25) is 5.91 Å². The Hall–Kier alpha value is -2.29. The first-order chi connectivity index (χ1) is 10.2. The topological polar surface area (TPSA) is 41.1 Å². The lowest BCUT2D eigenvalue weighted by atomic mass is 10.1. The molecule has 3 nitrogen and oxygen atoms in total. The maximum absolute atomic E-state index is 11.9. The molecular formula is C18H22N2O. The van der Waals surface area contributed by atoms with Gasteiger partial charge in [-0.05, 0) is 36.6 Å². The number of rotatable bonds is 6. The van der Waals surface area contributed by atoms with Crippen LogP contribution in [0.5, 0.6) is 0 Å². The monoisotopic (exact) mass is 282 g/mol. The number of hydrogen-bond acceptors (Lipinski definition) is 2. The van der Waals surface area contributed by atoms with E-state index in [-0.39, 0.29) is 5.91 Å². The number of nitrogens with one attached hydrogen (secondary N) is 2. The van der Waals surface area contributed by atoms with Crippen molar-refractivity contribution in [2.24, 2.45) is 0 Å². The van der Waals surface area contributed by atoms with Gasteiger partial charge in [-0.15, -0.1) is 0 Å². The van der Waals surface area contributed by atoms with Crippen LogP contribution in [0.1, 0.15) is 23.1 Å². The second-order valence-electron chi connectivity index (χ2n) is 5.19. The van der Waals surface area contributed by atoms with Crippen molar-refractivity contribution in [1.29, 1.82) is 0 Å². The van der Waals surface area contributed by atoms with Gasteiger partial charge in [0, 0.05) is 25.2 Å². The summed E-state index contributed by atoms with van der Waals surface area (Å²) in [4.78, 5) is 11.9. The SMILES string of the molecule is Cc1ccccc1CNC(=O)CCNc1ccccc1C. The Morgan fingerprint density at radius 2 is 1.62 bits per heavy atom. The minimum absolute atomic E-state index is 0.0688. The van der Waals surface area contributed by atoms with Crippen LogP contribution in [0.15, 0.2) is 48.5 Å². The standard InChI is InChI=1S/C18H22N2O/c1-14-7-3-5-9-16(14)13-20-18(21)11-12-19-17-10-6-4-8-15(17)2/h3-10,19H,11-13H2,1-2H3,(H,20,21). The number of carbonyl (C=O) groups excluding carboxylic acids is 1. The Kier molecular flexibility index (Phi) is 5.38. The zero-order chi connectivity index (χ0) is 15.1. The molecule has 2 aromatic rings. The summed E-state index contributed by atoms with van der Waals surface area (Å²) < 4.78 is 0. The summed E-state index contributed by atoms with van der Waals surface area (Å²) in [5.74, 6) is 0.0688. The summed E-state index contributed by atoms with van der Waals surface area (Å²) in [6.07, 6.45) is 0.472. The zero-order valence-corrected chi connectivity index (χ0v) is 12.6. The van der Waals surface area contributed by atoms with E-state index >= 15 is 0 Å². The van der Waals surface area contributed by atoms with Gasteiger partial charge in [-0.25, -0.2) is 0 Å². The normalized spacial score (nSPS) is 10.2. The molecule has 0 atom stereocenters. The van der Waals surface area contributed by atoms with Crippen LogP contribution in [-0.2, 0) is 11.3 Å². The molecule has 2 rings (SSSR count). The van der Waals surface area contributed by atoms with Crippen molar-refractivity contribution in [3.05, 3.63) is 65.2 Å². The van der Waals surface area contributed by atoms with Crippen molar-refractivity contribution in [3.8, 4) is 0 Å². The first kappa shape index (κ1) is 15.1. The van der Waals surface area contributed by atoms with E-state index in [9.17, 15) is 4.79 Å². The van der Waals surface area contributed by atoms with Gasteiger partial charge in [0.25, 0.3) is 0 Å². The van der Waals surface area contributed by atoms with Gasteiger partial charge in [-0.3, -0.25) is 4.79 Å². The quantitative estimate of drug-likeness (QED) is 0.852. The fourth-order valence-electron chi connectivity index (χ4n) is 2.17. The number of carbonyl (C=O) groups is 1. The van der Waals surface area contributed by atoms with Crippen molar-refractivity contribution in [2.75, 3.05) is 11.9 Å². The van der Waals surface area contributed by atoms with Crippen LogP contribution in [-0.4, -0.2) is 12.5 Å². The second kappa shape index (κ2) is 7.48. The molecule has 0 bridgehead atoms. The lowest BCUT2D eigenvalue weighted by molar-refractivity contribution is -0.121. The Balaban J connectivity index is 1.73. The summed E-state index contributed by atoms with van der Waals surface area (Å²) in [6.45, 7) is 5.35. The van der Waals surface area contributed by atoms with Crippen LogP contribution >= 0.6 is 0 Å². The Morgan fingerprint density at radius 1 is 0.952 bits per heavy atom. The van der Waals surface area contributed by atoms with Crippen molar-refractivity contribution < 1.29 is 4.79 Å². The van der Waals surface area contributed by atoms with Crippen LogP contribution in [0.3, 0.4) is 0 Å². The third-order valence-corrected chi connectivity index (χ3v) is 3.55. The highest BCUT2D eigenvalue weighted by Gasteiger charge is 2.03. The fourth-order valence-corrected chi connectivity index (χ4v) is 2.17. The summed E-state index contributed by atoms with van der Waals surface area (Å²) in [5, 5.41) is 6.25. The summed E-state index contributed by atoms with van der Waals surface area (Å²) in [5.41, 5.74) is 4.65. The molecule has 2 aromatic carbocycles. The molecule has 0 aliphatic carbocycles. The number of hydrogen-bond donors (Lipinski definition) is 2. The maximum Gasteiger partial charge on any atom is 0.222 e. The first-order valence-electron chi connectivity index (χ1n) is 7.27. The molecule has 0 fully saturated rings. The van der Waals surface area contributed by atoms with Gasteiger partial charge in [0.15, 0.2) is 0 Å². The molecule has 0 heterocycles. The number of aryl methyl sites for hydroxylation is 2. The molecule has 0 aliphatic heterocycles. The summed E-state index contributed by atoms with van der Waals surface area (Å²) in [7, 11) is 0. The molecule has 21 heavy (non-hydrogen) atoms. The molecule has 2 N–H and O–H groups in total. The van der Waals surface area contributed by atoms with Crippen molar-refractivity contribution in [3.63, 3.8) is 0 Å². The molecule has 0 saturated heterocycles. The van der Waals surface area contributed by atoms with Crippen molar-refractivity contribution in [1.82, 2.24) is 5.32 Å². The highest BCUT2D eigenvalue weighted by Crippen LogP contribution is 2.12. The lowest BCUT2D eigenvalue weighted by Gasteiger charge is -2.10. The molecular weight excluding hydrogens is 260 g/mol. The van der Waals surface area contributed by atoms with E-state index in [0.717, 1.165) is 11.3 Å². The van der Waals surface area contributed by atoms with Crippen LogP contribution < -0.4 is 10.6 Å². The Morgan fingerprint density at radius 3 is 2.33 bits per heavy atom. The molecule has 1 amide bonds. The van der Waals surface area contributed by atoms with Gasteiger partial charge < -0.3 is 10.6 Å². The van der Waals surface area contributed by atoms with Crippen LogP contribution in [0.25, 0.3) is 0 Å². The van der Waals surface area contributed by atoms with Crippen LogP contribution in [0.2, 0.25) is 0 Å². The van der Waals surface area contributed by atoms with E-state index in [1.807, 2.05) is 36.4 Å². The highest BCUT2D eigenvalue weighted by molar-refractivity contribution is 5.76. The lowest BCUT2D eigenvalue weighted by Crippen LogP contribution is -2.25. The molecule has 3 heteroatoms. The summed E-state index contributed by atoms with van der Waals surface area (Å²) in [6, 6.07) is 16.2. The number of amides is 1. The molecule has 0 radical (unpaired) electrons. The average molecular weight is 282 g/mol. The maximum atomic E-state index is 11.9. The van der Waals surface area contributed by atoms with E-state index < -0.39 is 0 Å². The smallest absolute Gasteiger partial charge is 0.222 e. The number of anilines is 1. The second-order valence-corrected chi connectivity index (χ2v) is 5.19. The highest BCUT2D eigenvalue weighted by atomic mass is 16.1. The molecule has 0 saturated carbocycles. The van der Waals surface area contributed by atoms with Crippen LogP contribution in [0, 0.1) is 13.8 Å². The molecule has 110 valence electrons. The van der Waals surface area contributed by atoms with Gasteiger partial charge >= 0.3 is 0 Å². The minimum Gasteiger partial charge on any atom is -0.384 e. The minimum atomic E-state index is 0.0688. The van der Waals surface area contributed by atoms with Gasteiger partial charge in [0.1, 0.15) is 0 Å². The molecule has 0 spiro atoms. The largest absolute Gasteiger partial charge is 0.384 e. The fraction of sp³-hybridized carbons (Fsp3) is 0.278. The predicted octanol–water partition coefficient (Wildman–Crippen LogP) is 3.42. The van der Waals surface area contributed by atoms with E-state index in [1.54, 1.807) is 0 Å². The van der Waals surface area contributed by atoms with Gasteiger partial charge in [-0.2, -0.15) is 0 Å². The molecule has 0 unspecified atom stereocenters. The Labute approximate surface area is 126 Å². The summed E-state index contributed by atoms with van der Waals surface area (Å²) >= 11 is 0. The average Bonchev–Trinajstić information content (AvgIpc) is 2.48. The number of para-hydroxylation sites is 1. The molecule has 0 aliphatic rings. The van der Waals surface area contributed by atoms with Crippen LogP contribution in [0.4, 0.5) is 5.69 Å². The predicted molar refractivity (Wildman–Crippen MR) is 87.3 cm³/mol. The van der Waals surface area contributed by atoms with E-state index in [4.69, 9.17) is 0 Å². The van der Waals surface area contributed by atoms with Crippen molar-refractivity contribution >= 4 is 11.6 Å². The number of benzene rings is 2. The molecule has 0 aromatic heterocycles. The third-order valence-electron chi connectivity index (χ3n) is 3.55. The Bertz CT molecular complexity index is 608. The van der Waals surface area contributed by atoms with Gasteiger partial charge in [-0.1, -0.05) is 42.5 Å². The van der Waals surface area contributed by atoms with Crippen molar-refractivity contribution in [2.45, 2.75) is 26.8 Å². The van der Waals surface area contributed by atoms with E-state index in [0.29, 0.717) is 19.5 Å². The van der Waals surface area contributed by atoms with Gasteiger partial charge in [0.05, 0.1) is 0 Å². The zero-order valence-electron chi connectivity index (χ0n) is 12.6. The third kappa shape index (κ3) is 4.63. The van der Waals surface area contributed by atoms with E-state index in [2.05, 4.69) is 36.6 Å². The first-order valence-corrected chi connectivity index (χ1v) is 7.27.